The quantitative estimate of drug-likeness (QED) is 0.506. The van der Waals surface area contributed by atoms with Crippen LogP contribution in [-0.2, 0) is 19.4 Å². The highest BCUT2D eigenvalue weighted by Gasteiger charge is 2.12. The molecular formula is C17H23N5. The number of fused-ring (bicyclic) bond motifs is 1. The Bertz CT molecular complexity index is 631. The van der Waals surface area contributed by atoms with E-state index < -0.39 is 0 Å². The van der Waals surface area contributed by atoms with Crippen LogP contribution >= 0.6 is 0 Å². The van der Waals surface area contributed by atoms with E-state index in [4.69, 9.17) is 5.73 Å². The fourth-order valence-electron chi connectivity index (χ4n) is 2.95. The highest BCUT2D eigenvalue weighted by molar-refractivity contribution is 5.93. The molecule has 1 aromatic carbocycles. The van der Waals surface area contributed by atoms with E-state index in [-0.39, 0.29) is 0 Å². The van der Waals surface area contributed by atoms with Crippen molar-refractivity contribution in [3.8, 4) is 0 Å². The van der Waals surface area contributed by atoms with Crippen molar-refractivity contribution in [2.75, 3.05) is 11.9 Å². The predicted octanol–water partition coefficient (Wildman–Crippen LogP) is 2.58. The van der Waals surface area contributed by atoms with Gasteiger partial charge in [-0.25, -0.2) is 4.98 Å². The molecule has 0 atom stereocenters. The molecule has 1 aliphatic rings. The van der Waals surface area contributed by atoms with Crippen LogP contribution in [0.15, 0.2) is 41.9 Å². The number of nitrogens with zero attached hydrogens (tertiary/aromatic N) is 3. The average Bonchev–Trinajstić information content (AvgIpc) is 3.05. The summed E-state index contributed by atoms with van der Waals surface area (Å²) in [5, 5.41) is 3.27. The number of hydrogen-bond donors (Lipinski definition) is 2. The lowest BCUT2D eigenvalue weighted by molar-refractivity contribution is 0.650. The number of aryl methyl sites for hydroxylation is 2. The summed E-state index contributed by atoms with van der Waals surface area (Å²) in [6.07, 6.45) is 11.4. The Morgan fingerprint density at radius 1 is 1.32 bits per heavy atom. The van der Waals surface area contributed by atoms with Gasteiger partial charge in [0.05, 0.1) is 6.33 Å². The number of benzene rings is 1. The van der Waals surface area contributed by atoms with Crippen LogP contribution in [0.25, 0.3) is 0 Å². The van der Waals surface area contributed by atoms with Gasteiger partial charge in [0.25, 0.3) is 0 Å². The van der Waals surface area contributed by atoms with Gasteiger partial charge in [-0.1, -0.05) is 12.1 Å². The third-order valence-electron chi connectivity index (χ3n) is 4.07. The summed E-state index contributed by atoms with van der Waals surface area (Å²) >= 11 is 0. The molecule has 1 aliphatic carbocycles. The fraction of sp³-hybridized carbons (Fsp3) is 0.412. The van der Waals surface area contributed by atoms with Crippen molar-refractivity contribution >= 4 is 11.6 Å². The molecule has 0 fully saturated rings. The molecule has 5 nitrogen and oxygen atoms in total. The van der Waals surface area contributed by atoms with E-state index in [1.807, 2.05) is 17.1 Å². The van der Waals surface area contributed by atoms with Crippen molar-refractivity contribution in [2.45, 2.75) is 38.6 Å². The molecule has 5 heteroatoms. The van der Waals surface area contributed by atoms with Gasteiger partial charge in [-0.3, -0.25) is 4.99 Å². The fourth-order valence-corrected chi connectivity index (χ4v) is 2.95. The zero-order chi connectivity index (χ0) is 15.2. The molecule has 22 heavy (non-hydrogen) atoms. The molecule has 116 valence electrons. The molecule has 0 radical (unpaired) electrons. The summed E-state index contributed by atoms with van der Waals surface area (Å²) in [6.45, 7) is 1.63. The number of aromatic nitrogens is 2. The van der Waals surface area contributed by atoms with Crippen LogP contribution in [0.3, 0.4) is 0 Å². The van der Waals surface area contributed by atoms with Crippen molar-refractivity contribution in [1.82, 2.24) is 9.55 Å². The summed E-state index contributed by atoms with van der Waals surface area (Å²) in [5.41, 5.74) is 9.99. The first kappa shape index (κ1) is 14.6. The zero-order valence-electron chi connectivity index (χ0n) is 12.8. The van der Waals surface area contributed by atoms with Gasteiger partial charge in [0.15, 0.2) is 5.96 Å². The minimum atomic E-state index is 0.504. The molecule has 0 amide bonds. The third-order valence-corrected chi connectivity index (χ3v) is 4.07. The number of anilines is 1. The standard InChI is InChI=1S/C17H23N5/c18-17(20-9-4-11-22-12-10-19-13-22)21-16-8-3-6-14-5-1-2-7-15(14)16/h3,6,8,10,12-13H,1-2,4-5,7,9,11H2,(H3,18,20,21). The Morgan fingerprint density at radius 3 is 3.09 bits per heavy atom. The van der Waals surface area contributed by atoms with Crippen molar-refractivity contribution in [3.63, 3.8) is 0 Å². The van der Waals surface area contributed by atoms with Crippen LogP contribution in [0.2, 0.25) is 0 Å². The first-order valence-corrected chi connectivity index (χ1v) is 7.96. The number of nitrogens with one attached hydrogen (secondary N) is 1. The van der Waals surface area contributed by atoms with Crippen LogP contribution in [0, 0.1) is 0 Å². The van der Waals surface area contributed by atoms with E-state index in [1.54, 1.807) is 6.20 Å². The van der Waals surface area contributed by atoms with Crippen molar-refractivity contribution < 1.29 is 0 Å². The topological polar surface area (TPSA) is 68.2 Å². The van der Waals surface area contributed by atoms with E-state index in [0.29, 0.717) is 12.5 Å². The molecule has 0 aliphatic heterocycles. The van der Waals surface area contributed by atoms with Gasteiger partial charge in [0, 0.05) is 31.2 Å². The highest BCUT2D eigenvalue weighted by atomic mass is 15.1. The van der Waals surface area contributed by atoms with E-state index in [2.05, 4.69) is 33.5 Å². The maximum atomic E-state index is 6.02. The lowest BCUT2D eigenvalue weighted by Gasteiger charge is -2.19. The summed E-state index contributed by atoms with van der Waals surface area (Å²) < 4.78 is 2.05. The highest BCUT2D eigenvalue weighted by Crippen LogP contribution is 2.27. The number of rotatable bonds is 5. The van der Waals surface area contributed by atoms with Crippen LogP contribution < -0.4 is 11.1 Å². The summed E-state index contributed by atoms with van der Waals surface area (Å²) in [4.78, 5) is 8.44. The molecule has 0 saturated heterocycles. The Kier molecular flexibility index (Phi) is 4.73. The SMILES string of the molecule is NC(=NCCCn1ccnc1)Nc1cccc2c1CCCC2. The molecule has 2 aromatic rings. The van der Waals surface area contributed by atoms with Crippen LogP contribution in [0.5, 0.6) is 0 Å². The number of hydrogen-bond acceptors (Lipinski definition) is 2. The summed E-state index contributed by atoms with van der Waals surface area (Å²) in [7, 11) is 0. The Balaban J connectivity index is 1.55. The van der Waals surface area contributed by atoms with Gasteiger partial charge >= 0.3 is 0 Å². The smallest absolute Gasteiger partial charge is 0.193 e. The Hall–Kier alpha value is -2.30. The lowest BCUT2D eigenvalue weighted by atomic mass is 9.90. The van der Waals surface area contributed by atoms with Crippen molar-refractivity contribution in [3.05, 3.63) is 48.0 Å². The number of imidazole rings is 1. The number of nitrogens with two attached hydrogens (primary N) is 1. The number of aliphatic imine (C=N–C) groups is 1. The molecule has 0 saturated carbocycles. The van der Waals surface area contributed by atoms with Gasteiger partial charge in [0.1, 0.15) is 0 Å². The van der Waals surface area contributed by atoms with E-state index in [9.17, 15) is 0 Å². The van der Waals surface area contributed by atoms with Crippen molar-refractivity contribution in [2.24, 2.45) is 10.7 Å². The van der Waals surface area contributed by atoms with Crippen molar-refractivity contribution in [1.29, 1.82) is 0 Å². The third kappa shape index (κ3) is 3.67. The van der Waals surface area contributed by atoms with E-state index >= 15 is 0 Å². The van der Waals surface area contributed by atoms with Gasteiger partial charge in [-0.2, -0.15) is 0 Å². The van der Waals surface area contributed by atoms with Crippen LogP contribution in [-0.4, -0.2) is 22.1 Å². The molecule has 0 bridgehead atoms. The normalized spacial score (nSPS) is 14.6. The monoisotopic (exact) mass is 297 g/mol. The lowest BCUT2D eigenvalue weighted by Crippen LogP contribution is -2.24. The predicted molar refractivity (Wildman–Crippen MR) is 90.0 cm³/mol. The second-order valence-corrected chi connectivity index (χ2v) is 5.70. The van der Waals surface area contributed by atoms with Crippen LogP contribution in [0.4, 0.5) is 5.69 Å². The molecule has 1 heterocycles. The minimum absolute atomic E-state index is 0.504. The second kappa shape index (κ2) is 7.11. The molecule has 0 unspecified atom stereocenters. The summed E-state index contributed by atoms with van der Waals surface area (Å²) in [6, 6.07) is 6.41. The average molecular weight is 297 g/mol. The van der Waals surface area contributed by atoms with E-state index in [1.165, 1.54) is 30.4 Å². The summed E-state index contributed by atoms with van der Waals surface area (Å²) in [5.74, 6) is 0.504. The molecule has 1 aromatic heterocycles. The maximum absolute atomic E-state index is 6.02. The van der Waals surface area contributed by atoms with Gasteiger partial charge in [0.2, 0.25) is 0 Å². The van der Waals surface area contributed by atoms with Crippen LogP contribution in [0.1, 0.15) is 30.4 Å². The molecule has 3 rings (SSSR count). The zero-order valence-corrected chi connectivity index (χ0v) is 12.8. The largest absolute Gasteiger partial charge is 0.370 e. The molecular weight excluding hydrogens is 274 g/mol. The van der Waals surface area contributed by atoms with Gasteiger partial charge < -0.3 is 15.6 Å². The maximum Gasteiger partial charge on any atom is 0.193 e. The molecule has 3 N–H and O–H groups in total. The minimum Gasteiger partial charge on any atom is -0.370 e. The number of guanidine groups is 1. The molecule has 0 spiro atoms. The van der Waals surface area contributed by atoms with Gasteiger partial charge in [-0.15, -0.1) is 0 Å². The first-order valence-electron chi connectivity index (χ1n) is 7.96. The Labute approximate surface area is 131 Å². The first-order chi connectivity index (χ1) is 10.8. The van der Waals surface area contributed by atoms with Gasteiger partial charge in [-0.05, 0) is 49.3 Å². The van der Waals surface area contributed by atoms with E-state index in [0.717, 1.165) is 25.1 Å². The Morgan fingerprint density at radius 2 is 2.23 bits per heavy atom. The second-order valence-electron chi connectivity index (χ2n) is 5.70.